The van der Waals surface area contributed by atoms with Crippen LogP contribution in [0.4, 0.5) is 15.8 Å². The first kappa shape index (κ1) is 13.8. The highest BCUT2D eigenvalue weighted by atomic mass is 79.9. The van der Waals surface area contributed by atoms with E-state index in [9.17, 15) is 9.18 Å². The van der Waals surface area contributed by atoms with Crippen LogP contribution in [0.3, 0.4) is 0 Å². The summed E-state index contributed by atoms with van der Waals surface area (Å²) in [5.74, 6) is -1.03. The lowest BCUT2D eigenvalue weighted by Gasteiger charge is -2.09. The van der Waals surface area contributed by atoms with E-state index in [0.29, 0.717) is 20.7 Å². The van der Waals surface area contributed by atoms with Crippen molar-refractivity contribution in [1.82, 2.24) is 0 Å². The van der Waals surface area contributed by atoms with Crippen LogP contribution < -0.4 is 11.1 Å². The van der Waals surface area contributed by atoms with Crippen LogP contribution in [0, 0.1) is 5.82 Å². The summed E-state index contributed by atoms with van der Waals surface area (Å²) in [5, 5.41) is 2.79. The lowest BCUT2D eigenvalue weighted by atomic mass is 10.2. The van der Waals surface area contributed by atoms with Crippen LogP contribution in [-0.4, -0.2) is 5.91 Å². The normalized spacial score (nSPS) is 10.3. The molecule has 0 aromatic heterocycles. The van der Waals surface area contributed by atoms with E-state index in [1.165, 1.54) is 18.2 Å². The van der Waals surface area contributed by atoms with Crippen molar-refractivity contribution in [3.63, 3.8) is 0 Å². The van der Waals surface area contributed by atoms with Gasteiger partial charge >= 0.3 is 0 Å². The number of hydrogen-bond acceptors (Lipinski definition) is 2. The minimum Gasteiger partial charge on any atom is -0.398 e. The van der Waals surface area contributed by atoms with E-state index in [2.05, 4.69) is 21.2 Å². The van der Waals surface area contributed by atoms with E-state index in [0.717, 1.165) is 0 Å². The molecule has 0 radical (unpaired) electrons. The first-order chi connectivity index (χ1) is 8.99. The van der Waals surface area contributed by atoms with Crippen molar-refractivity contribution in [3.05, 3.63) is 57.3 Å². The first-order valence-corrected chi connectivity index (χ1v) is 6.46. The Labute approximate surface area is 122 Å². The highest BCUT2D eigenvalue weighted by Crippen LogP contribution is 2.26. The van der Waals surface area contributed by atoms with E-state index in [4.69, 9.17) is 17.3 Å². The predicted octanol–water partition coefficient (Wildman–Crippen LogP) is 4.08. The van der Waals surface area contributed by atoms with Gasteiger partial charge in [-0.1, -0.05) is 17.7 Å². The fraction of sp³-hybridized carbons (Fsp3) is 0. The van der Waals surface area contributed by atoms with Crippen LogP contribution in [0.1, 0.15) is 10.4 Å². The summed E-state index contributed by atoms with van der Waals surface area (Å²) in [6.07, 6.45) is 0. The van der Waals surface area contributed by atoms with Gasteiger partial charge in [0.25, 0.3) is 5.91 Å². The summed E-state index contributed by atoms with van der Waals surface area (Å²) in [5.41, 5.74) is 6.45. The molecule has 0 heterocycles. The summed E-state index contributed by atoms with van der Waals surface area (Å²) >= 11 is 8.98. The zero-order valence-corrected chi connectivity index (χ0v) is 11.9. The minimum absolute atomic E-state index is 0.0202. The number of halogens is 3. The molecule has 0 bridgehead atoms. The summed E-state index contributed by atoms with van der Waals surface area (Å²) in [4.78, 5) is 12.0. The van der Waals surface area contributed by atoms with Gasteiger partial charge in [0, 0.05) is 10.7 Å². The van der Waals surface area contributed by atoms with Gasteiger partial charge in [-0.15, -0.1) is 0 Å². The van der Waals surface area contributed by atoms with E-state index >= 15 is 0 Å². The average Bonchev–Trinajstić information content (AvgIpc) is 2.37. The van der Waals surface area contributed by atoms with Crippen molar-refractivity contribution in [2.24, 2.45) is 0 Å². The van der Waals surface area contributed by atoms with Crippen LogP contribution in [0.2, 0.25) is 5.02 Å². The van der Waals surface area contributed by atoms with Crippen LogP contribution in [0.15, 0.2) is 40.9 Å². The molecular weight excluding hydrogens is 335 g/mol. The molecule has 3 nitrogen and oxygen atoms in total. The molecule has 0 saturated heterocycles. The van der Waals surface area contributed by atoms with Crippen molar-refractivity contribution >= 4 is 44.8 Å². The fourth-order valence-electron chi connectivity index (χ4n) is 1.51. The van der Waals surface area contributed by atoms with E-state index in [1.807, 2.05) is 0 Å². The van der Waals surface area contributed by atoms with Gasteiger partial charge in [0.15, 0.2) is 0 Å². The molecule has 0 unspecified atom stereocenters. The van der Waals surface area contributed by atoms with Crippen molar-refractivity contribution in [3.8, 4) is 0 Å². The third-order valence-electron chi connectivity index (χ3n) is 2.45. The second kappa shape index (κ2) is 5.59. The SMILES string of the molecule is Nc1cccc(C(=O)Nc2cc(Cl)ccc2F)c1Br. The van der Waals surface area contributed by atoms with Crippen molar-refractivity contribution in [2.75, 3.05) is 11.1 Å². The highest BCUT2D eigenvalue weighted by Gasteiger charge is 2.14. The summed E-state index contributed by atoms with van der Waals surface area (Å²) in [6.45, 7) is 0. The molecule has 0 atom stereocenters. The molecule has 19 heavy (non-hydrogen) atoms. The minimum atomic E-state index is -0.558. The lowest BCUT2D eigenvalue weighted by molar-refractivity contribution is 0.102. The molecule has 0 aliphatic heterocycles. The fourth-order valence-corrected chi connectivity index (χ4v) is 2.12. The van der Waals surface area contributed by atoms with Gasteiger partial charge in [-0.2, -0.15) is 0 Å². The van der Waals surface area contributed by atoms with Gasteiger partial charge in [-0.3, -0.25) is 4.79 Å². The van der Waals surface area contributed by atoms with Gasteiger partial charge < -0.3 is 11.1 Å². The Morgan fingerprint density at radius 2 is 2.05 bits per heavy atom. The monoisotopic (exact) mass is 342 g/mol. The third kappa shape index (κ3) is 3.05. The van der Waals surface area contributed by atoms with E-state index < -0.39 is 11.7 Å². The number of nitrogens with one attached hydrogen (secondary N) is 1. The molecule has 2 aromatic carbocycles. The molecule has 2 rings (SSSR count). The third-order valence-corrected chi connectivity index (χ3v) is 3.57. The number of anilines is 2. The lowest BCUT2D eigenvalue weighted by Crippen LogP contribution is -2.14. The highest BCUT2D eigenvalue weighted by molar-refractivity contribution is 9.10. The zero-order valence-electron chi connectivity index (χ0n) is 9.58. The number of nitrogens with two attached hydrogens (primary N) is 1. The van der Waals surface area contributed by atoms with Crippen LogP contribution in [0.25, 0.3) is 0 Å². The summed E-state index contributed by atoms with van der Waals surface area (Å²) in [6, 6.07) is 8.81. The van der Waals surface area contributed by atoms with E-state index in [1.54, 1.807) is 18.2 Å². The second-order valence-electron chi connectivity index (χ2n) is 3.79. The Balaban J connectivity index is 2.31. The number of carbonyl (C=O) groups is 1. The number of amides is 1. The molecule has 6 heteroatoms. The topological polar surface area (TPSA) is 55.1 Å². The zero-order chi connectivity index (χ0) is 14.0. The molecule has 0 aliphatic rings. The molecular formula is C13H9BrClFN2O. The number of hydrogen-bond donors (Lipinski definition) is 2. The van der Waals surface area contributed by atoms with E-state index in [-0.39, 0.29) is 5.69 Å². The predicted molar refractivity (Wildman–Crippen MR) is 77.9 cm³/mol. The smallest absolute Gasteiger partial charge is 0.256 e. The maximum absolute atomic E-state index is 13.5. The Morgan fingerprint density at radius 1 is 1.32 bits per heavy atom. The van der Waals surface area contributed by atoms with Crippen LogP contribution >= 0.6 is 27.5 Å². The summed E-state index contributed by atoms with van der Waals surface area (Å²) in [7, 11) is 0. The van der Waals surface area contributed by atoms with Gasteiger partial charge in [0.2, 0.25) is 0 Å². The largest absolute Gasteiger partial charge is 0.398 e. The van der Waals surface area contributed by atoms with Crippen molar-refractivity contribution in [2.45, 2.75) is 0 Å². The molecule has 1 amide bonds. The Kier molecular flexibility index (Phi) is 4.07. The number of carbonyl (C=O) groups excluding carboxylic acids is 1. The number of benzene rings is 2. The molecule has 98 valence electrons. The average molecular weight is 344 g/mol. The van der Waals surface area contributed by atoms with Crippen LogP contribution in [-0.2, 0) is 0 Å². The first-order valence-electron chi connectivity index (χ1n) is 5.29. The van der Waals surface area contributed by atoms with Crippen LogP contribution in [0.5, 0.6) is 0 Å². The van der Waals surface area contributed by atoms with Crippen molar-refractivity contribution in [1.29, 1.82) is 0 Å². The molecule has 0 saturated carbocycles. The molecule has 0 fully saturated rings. The molecule has 0 spiro atoms. The van der Waals surface area contributed by atoms with Gasteiger partial charge in [-0.25, -0.2) is 4.39 Å². The standard InChI is InChI=1S/C13H9BrClFN2O/c14-12-8(2-1-3-10(12)17)13(19)18-11-6-7(15)4-5-9(11)16/h1-6H,17H2,(H,18,19). The quantitative estimate of drug-likeness (QED) is 0.807. The summed E-state index contributed by atoms with van der Waals surface area (Å²) < 4.78 is 14.0. The van der Waals surface area contributed by atoms with Crippen molar-refractivity contribution < 1.29 is 9.18 Å². The van der Waals surface area contributed by atoms with Gasteiger partial charge in [0.05, 0.1) is 15.7 Å². The molecule has 0 aliphatic carbocycles. The maximum Gasteiger partial charge on any atom is 0.256 e. The second-order valence-corrected chi connectivity index (χ2v) is 5.02. The molecule has 2 aromatic rings. The molecule has 3 N–H and O–H groups in total. The van der Waals surface area contributed by atoms with Gasteiger partial charge in [-0.05, 0) is 46.3 Å². The Bertz CT molecular complexity index is 649. The van der Waals surface area contributed by atoms with Gasteiger partial charge in [0.1, 0.15) is 5.82 Å². The number of rotatable bonds is 2. The number of nitrogen functional groups attached to an aromatic ring is 1. The maximum atomic E-state index is 13.5. The Morgan fingerprint density at radius 3 is 2.79 bits per heavy atom. The Hall–Kier alpha value is -1.59.